The van der Waals surface area contributed by atoms with Gasteiger partial charge in [-0.1, -0.05) is 28.1 Å². The largest absolute Gasteiger partial charge is 0.378 e. The highest BCUT2D eigenvalue weighted by Crippen LogP contribution is 2.19. The number of hydrogen-bond acceptors (Lipinski definition) is 3. The highest BCUT2D eigenvalue weighted by atomic mass is 79.9. The van der Waals surface area contributed by atoms with Crippen molar-refractivity contribution in [1.29, 1.82) is 0 Å². The summed E-state index contributed by atoms with van der Waals surface area (Å²) in [5, 5.41) is 3.44. The van der Waals surface area contributed by atoms with Crippen LogP contribution < -0.4 is 5.32 Å². The number of pyridine rings is 1. The first-order valence-electron chi connectivity index (χ1n) is 6.68. The second-order valence-electron chi connectivity index (χ2n) is 4.70. The number of aryl methyl sites for hydroxylation is 1. The normalized spacial score (nSPS) is 10.6. The molecule has 0 aliphatic heterocycles. The lowest BCUT2D eigenvalue weighted by Crippen LogP contribution is -2.06. The Labute approximate surface area is 132 Å². The molecule has 21 heavy (non-hydrogen) atoms. The van der Waals surface area contributed by atoms with Crippen LogP contribution in [0.1, 0.15) is 11.4 Å². The van der Waals surface area contributed by atoms with Gasteiger partial charge in [0.15, 0.2) is 5.82 Å². The van der Waals surface area contributed by atoms with Crippen LogP contribution in [-0.2, 0) is 6.54 Å². The quantitative estimate of drug-likeness (QED) is 0.780. The molecule has 106 valence electrons. The van der Waals surface area contributed by atoms with Gasteiger partial charge in [0, 0.05) is 29.6 Å². The van der Waals surface area contributed by atoms with E-state index >= 15 is 0 Å². The highest BCUT2D eigenvalue weighted by molar-refractivity contribution is 9.10. The van der Waals surface area contributed by atoms with Crippen molar-refractivity contribution in [3.63, 3.8) is 0 Å². The Morgan fingerprint density at radius 3 is 2.62 bits per heavy atom. The minimum Gasteiger partial charge on any atom is -0.378 e. The van der Waals surface area contributed by atoms with Gasteiger partial charge in [0.2, 0.25) is 0 Å². The molecule has 0 spiro atoms. The Balaban J connectivity index is 1.83. The topological polar surface area (TPSA) is 42.7 Å². The maximum atomic E-state index is 4.46. The van der Waals surface area contributed by atoms with E-state index in [-0.39, 0.29) is 0 Å². The van der Waals surface area contributed by atoms with Crippen LogP contribution in [0.5, 0.6) is 0 Å². The zero-order valence-corrected chi connectivity index (χ0v) is 13.2. The molecule has 2 heterocycles. The average molecular weight is 343 g/mol. The summed E-state index contributed by atoms with van der Waals surface area (Å²) in [5.41, 5.74) is 2.21. The monoisotopic (exact) mass is 342 g/mol. The molecule has 0 unspecified atom stereocenters. The molecular formula is C16H15BrN4. The van der Waals surface area contributed by atoms with Crippen molar-refractivity contribution in [2.45, 2.75) is 13.5 Å². The predicted octanol–water partition coefficient (Wildman–Crippen LogP) is 3.95. The highest BCUT2D eigenvalue weighted by Gasteiger charge is 2.07. The van der Waals surface area contributed by atoms with Crippen molar-refractivity contribution in [2.75, 3.05) is 5.32 Å². The van der Waals surface area contributed by atoms with Crippen molar-refractivity contribution in [3.8, 4) is 5.82 Å². The fourth-order valence-electron chi connectivity index (χ4n) is 2.13. The molecule has 2 aromatic heterocycles. The van der Waals surface area contributed by atoms with Crippen LogP contribution in [0.3, 0.4) is 0 Å². The van der Waals surface area contributed by atoms with Gasteiger partial charge in [-0.15, -0.1) is 0 Å². The minimum absolute atomic E-state index is 0.750. The smallest absolute Gasteiger partial charge is 0.161 e. The van der Waals surface area contributed by atoms with E-state index in [1.165, 1.54) is 5.56 Å². The van der Waals surface area contributed by atoms with E-state index in [1.54, 1.807) is 12.4 Å². The maximum absolute atomic E-state index is 4.46. The Hall–Kier alpha value is -2.14. The zero-order chi connectivity index (χ0) is 14.7. The lowest BCUT2D eigenvalue weighted by molar-refractivity contribution is 0.929. The number of nitrogens with zero attached hydrogens (tertiary/aromatic N) is 3. The summed E-state index contributed by atoms with van der Waals surface area (Å²) in [6, 6.07) is 12.2. The van der Waals surface area contributed by atoms with Crippen LogP contribution in [0, 0.1) is 6.92 Å². The summed E-state index contributed by atoms with van der Waals surface area (Å²) in [6.07, 6.45) is 5.49. The van der Waals surface area contributed by atoms with Gasteiger partial charge >= 0.3 is 0 Å². The fraction of sp³-hybridized carbons (Fsp3) is 0.125. The molecule has 0 aliphatic rings. The molecule has 5 heteroatoms. The van der Waals surface area contributed by atoms with Gasteiger partial charge in [0.25, 0.3) is 0 Å². The molecule has 0 saturated heterocycles. The third-order valence-electron chi connectivity index (χ3n) is 3.24. The standard InChI is InChI=1S/C16H15BrN4/c1-12-18-9-10-21(12)16-15(3-2-8-19-16)20-11-13-4-6-14(17)7-5-13/h2-10,20H,11H2,1H3. The van der Waals surface area contributed by atoms with Crippen LogP contribution in [0.4, 0.5) is 5.69 Å². The molecule has 3 rings (SSSR count). The molecule has 1 N–H and O–H groups in total. The third-order valence-corrected chi connectivity index (χ3v) is 3.77. The van der Waals surface area contributed by atoms with Gasteiger partial charge < -0.3 is 5.32 Å². The van der Waals surface area contributed by atoms with Gasteiger partial charge in [-0.05, 0) is 36.8 Å². The molecular weight excluding hydrogens is 328 g/mol. The molecule has 4 nitrogen and oxygen atoms in total. The van der Waals surface area contributed by atoms with Crippen molar-refractivity contribution < 1.29 is 0 Å². The van der Waals surface area contributed by atoms with Crippen molar-refractivity contribution in [2.24, 2.45) is 0 Å². The SMILES string of the molecule is Cc1nccn1-c1ncccc1NCc1ccc(Br)cc1. The summed E-state index contributed by atoms with van der Waals surface area (Å²) < 4.78 is 3.06. The Morgan fingerprint density at radius 2 is 1.90 bits per heavy atom. The second-order valence-corrected chi connectivity index (χ2v) is 5.61. The minimum atomic E-state index is 0.750. The molecule has 0 aliphatic carbocycles. The van der Waals surface area contributed by atoms with E-state index in [1.807, 2.05) is 42.0 Å². The van der Waals surface area contributed by atoms with E-state index in [0.29, 0.717) is 0 Å². The fourth-order valence-corrected chi connectivity index (χ4v) is 2.39. The van der Waals surface area contributed by atoms with Crippen LogP contribution in [0.15, 0.2) is 59.5 Å². The summed E-state index contributed by atoms with van der Waals surface area (Å²) in [6.45, 7) is 2.72. The molecule has 0 fully saturated rings. The average Bonchev–Trinajstić information content (AvgIpc) is 2.93. The van der Waals surface area contributed by atoms with Crippen LogP contribution in [0.2, 0.25) is 0 Å². The summed E-state index contributed by atoms with van der Waals surface area (Å²) >= 11 is 3.45. The Bertz CT molecular complexity index is 734. The predicted molar refractivity (Wildman–Crippen MR) is 87.6 cm³/mol. The molecule has 0 bridgehead atoms. The first kappa shape index (κ1) is 13.8. The van der Waals surface area contributed by atoms with Gasteiger partial charge in [0.1, 0.15) is 5.82 Å². The van der Waals surface area contributed by atoms with Crippen molar-refractivity contribution in [1.82, 2.24) is 14.5 Å². The van der Waals surface area contributed by atoms with E-state index in [2.05, 4.69) is 43.3 Å². The molecule has 0 atom stereocenters. The number of rotatable bonds is 4. The number of aromatic nitrogens is 3. The van der Waals surface area contributed by atoms with Crippen molar-refractivity contribution in [3.05, 3.63) is 70.8 Å². The summed E-state index contributed by atoms with van der Waals surface area (Å²) in [4.78, 5) is 8.71. The van der Waals surface area contributed by atoms with Crippen LogP contribution in [-0.4, -0.2) is 14.5 Å². The molecule has 0 radical (unpaired) electrons. The summed E-state index contributed by atoms with van der Waals surface area (Å²) in [7, 11) is 0. The lowest BCUT2D eigenvalue weighted by atomic mass is 10.2. The zero-order valence-electron chi connectivity index (χ0n) is 11.6. The van der Waals surface area contributed by atoms with E-state index < -0.39 is 0 Å². The number of halogens is 1. The number of nitrogens with one attached hydrogen (secondary N) is 1. The molecule has 0 amide bonds. The number of hydrogen-bond donors (Lipinski definition) is 1. The number of imidazole rings is 1. The van der Waals surface area contributed by atoms with E-state index in [9.17, 15) is 0 Å². The second kappa shape index (κ2) is 6.10. The van der Waals surface area contributed by atoms with Gasteiger partial charge in [-0.25, -0.2) is 9.97 Å². The van der Waals surface area contributed by atoms with Crippen LogP contribution in [0.25, 0.3) is 5.82 Å². The van der Waals surface area contributed by atoms with Gasteiger partial charge in [-0.2, -0.15) is 0 Å². The maximum Gasteiger partial charge on any atom is 0.161 e. The first-order chi connectivity index (χ1) is 10.2. The third kappa shape index (κ3) is 3.13. The van der Waals surface area contributed by atoms with Gasteiger partial charge in [-0.3, -0.25) is 4.57 Å². The van der Waals surface area contributed by atoms with E-state index in [4.69, 9.17) is 0 Å². The lowest BCUT2D eigenvalue weighted by Gasteiger charge is -2.12. The van der Waals surface area contributed by atoms with E-state index in [0.717, 1.165) is 28.3 Å². The molecule has 0 saturated carbocycles. The Kier molecular flexibility index (Phi) is 4.01. The molecule has 3 aromatic rings. The number of benzene rings is 1. The molecule has 1 aromatic carbocycles. The van der Waals surface area contributed by atoms with Crippen molar-refractivity contribution >= 4 is 21.6 Å². The van der Waals surface area contributed by atoms with Gasteiger partial charge in [0.05, 0.1) is 5.69 Å². The first-order valence-corrected chi connectivity index (χ1v) is 7.47. The Morgan fingerprint density at radius 1 is 1.10 bits per heavy atom. The summed E-state index contributed by atoms with van der Waals surface area (Å²) in [5.74, 6) is 1.78. The number of anilines is 1. The van der Waals surface area contributed by atoms with Crippen LogP contribution >= 0.6 is 15.9 Å².